The molecule has 1 saturated carbocycles. The van der Waals surface area contributed by atoms with Crippen molar-refractivity contribution in [3.63, 3.8) is 0 Å². The number of rotatable bonds is 3. The van der Waals surface area contributed by atoms with E-state index in [1.165, 1.54) is 0 Å². The highest BCUT2D eigenvalue weighted by Crippen LogP contribution is 2.30. The van der Waals surface area contributed by atoms with Crippen molar-refractivity contribution < 1.29 is 14.3 Å². The van der Waals surface area contributed by atoms with Gasteiger partial charge in [0.2, 0.25) is 11.9 Å². The fourth-order valence-electron chi connectivity index (χ4n) is 4.90. The minimum Gasteiger partial charge on any atom is -0.493 e. The summed E-state index contributed by atoms with van der Waals surface area (Å²) >= 11 is 0. The van der Waals surface area contributed by atoms with Crippen LogP contribution in [-0.2, 0) is 16.1 Å². The van der Waals surface area contributed by atoms with Crippen LogP contribution in [0.2, 0.25) is 0 Å². The quantitative estimate of drug-likeness (QED) is 0.325. The van der Waals surface area contributed by atoms with Crippen molar-refractivity contribution >= 4 is 29.1 Å². The molecule has 2 aromatic carbocycles. The number of hydrogen-bond donors (Lipinski definition) is 3. The molecule has 1 aliphatic carbocycles. The number of hydrogen-bond acceptors (Lipinski definition) is 7. The SMILES string of the molecule is CC#CC(=O)NC1CC(C(=O)Nc2cc3cc(c2)Nc2nccc(n2)-c2cccc(c2)OCC/C=C/CN(C)C3)C1. The molecule has 0 saturated heterocycles. The molecule has 1 aromatic heterocycles. The van der Waals surface area contributed by atoms with E-state index in [1.807, 2.05) is 48.5 Å². The molecule has 41 heavy (non-hydrogen) atoms. The molecule has 3 N–H and O–H groups in total. The summed E-state index contributed by atoms with van der Waals surface area (Å²) in [6.07, 6.45) is 7.99. The zero-order valence-corrected chi connectivity index (χ0v) is 23.3. The lowest BCUT2D eigenvalue weighted by Gasteiger charge is -2.34. The topological polar surface area (TPSA) is 108 Å². The molecule has 1 fully saturated rings. The maximum absolute atomic E-state index is 13.0. The number of nitrogens with zero attached hydrogens (tertiary/aromatic N) is 3. The number of likely N-dealkylation sites (N-methyl/N-ethyl adjacent to an activating group) is 1. The third kappa shape index (κ3) is 7.71. The molecular formula is C32H34N6O3. The lowest BCUT2D eigenvalue weighted by atomic mass is 9.79. The Kier molecular flexibility index (Phi) is 8.92. The summed E-state index contributed by atoms with van der Waals surface area (Å²) in [7, 11) is 2.06. The van der Waals surface area contributed by atoms with E-state index >= 15 is 0 Å². The minimum atomic E-state index is -0.303. The van der Waals surface area contributed by atoms with Gasteiger partial charge in [-0.1, -0.05) is 30.2 Å². The molecule has 3 aromatic rings. The Labute approximate surface area is 240 Å². The van der Waals surface area contributed by atoms with Crippen molar-refractivity contribution in [2.45, 2.75) is 38.8 Å². The first kappa shape index (κ1) is 27.9. The Morgan fingerprint density at radius 1 is 1.12 bits per heavy atom. The van der Waals surface area contributed by atoms with E-state index < -0.39 is 0 Å². The summed E-state index contributed by atoms with van der Waals surface area (Å²) in [5.41, 5.74) is 4.21. The molecule has 0 spiro atoms. The number of anilines is 3. The van der Waals surface area contributed by atoms with Gasteiger partial charge in [-0.15, -0.1) is 0 Å². The molecule has 6 bridgehead atoms. The Hall–Kier alpha value is -4.68. The van der Waals surface area contributed by atoms with Gasteiger partial charge in [-0.2, -0.15) is 0 Å². The van der Waals surface area contributed by atoms with E-state index in [2.05, 4.69) is 56.9 Å². The van der Waals surface area contributed by atoms with Crippen LogP contribution < -0.4 is 20.7 Å². The van der Waals surface area contributed by atoms with E-state index in [4.69, 9.17) is 9.72 Å². The van der Waals surface area contributed by atoms with Crippen LogP contribution in [0.4, 0.5) is 17.3 Å². The van der Waals surface area contributed by atoms with Gasteiger partial charge in [-0.3, -0.25) is 14.5 Å². The number of fused-ring (bicyclic) bond motifs is 7. The predicted octanol–water partition coefficient (Wildman–Crippen LogP) is 4.51. The van der Waals surface area contributed by atoms with Crippen LogP contribution in [0.5, 0.6) is 5.75 Å². The zero-order valence-electron chi connectivity index (χ0n) is 23.3. The van der Waals surface area contributed by atoms with Crippen molar-refractivity contribution in [3.8, 4) is 28.8 Å². The van der Waals surface area contributed by atoms with Crippen LogP contribution in [0.25, 0.3) is 11.3 Å². The van der Waals surface area contributed by atoms with Gasteiger partial charge < -0.3 is 20.7 Å². The van der Waals surface area contributed by atoms with Gasteiger partial charge in [0.15, 0.2) is 0 Å². The number of nitrogens with one attached hydrogen (secondary N) is 3. The van der Waals surface area contributed by atoms with Crippen LogP contribution in [-0.4, -0.2) is 52.9 Å². The van der Waals surface area contributed by atoms with Crippen molar-refractivity contribution in [2.24, 2.45) is 5.92 Å². The van der Waals surface area contributed by atoms with E-state index in [0.717, 1.165) is 41.2 Å². The van der Waals surface area contributed by atoms with Crippen LogP contribution in [0.3, 0.4) is 0 Å². The summed E-state index contributed by atoms with van der Waals surface area (Å²) in [6, 6.07) is 15.6. The molecule has 1 aliphatic heterocycles. The zero-order chi connectivity index (χ0) is 28.6. The van der Waals surface area contributed by atoms with Gasteiger partial charge in [0, 0.05) is 48.2 Å². The molecule has 0 atom stereocenters. The summed E-state index contributed by atoms with van der Waals surface area (Å²) in [5, 5.41) is 9.25. The molecule has 9 heteroatoms. The number of carbonyl (C=O) groups excluding carboxylic acids is 2. The molecule has 210 valence electrons. The summed E-state index contributed by atoms with van der Waals surface area (Å²) < 4.78 is 5.95. The number of benzene rings is 2. The molecule has 2 heterocycles. The van der Waals surface area contributed by atoms with Crippen LogP contribution in [0.1, 0.15) is 31.7 Å². The van der Waals surface area contributed by atoms with E-state index in [9.17, 15) is 9.59 Å². The third-order valence-corrected chi connectivity index (χ3v) is 6.97. The van der Waals surface area contributed by atoms with Gasteiger partial charge >= 0.3 is 0 Å². The predicted molar refractivity (Wildman–Crippen MR) is 160 cm³/mol. The van der Waals surface area contributed by atoms with E-state index in [1.54, 1.807) is 13.1 Å². The Morgan fingerprint density at radius 3 is 2.85 bits per heavy atom. The lowest BCUT2D eigenvalue weighted by Crippen LogP contribution is -2.47. The first-order chi connectivity index (χ1) is 19.9. The smallest absolute Gasteiger partial charge is 0.296 e. The maximum Gasteiger partial charge on any atom is 0.296 e. The van der Waals surface area contributed by atoms with Crippen LogP contribution in [0, 0.1) is 17.8 Å². The second-order valence-electron chi connectivity index (χ2n) is 10.3. The molecule has 0 unspecified atom stereocenters. The highest BCUT2D eigenvalue weighted by atomic mass is 16.5. The maximum atomic E-state index is 13.0. The summed E-state index contributed by atoms with van der Waals surface area (Å²) in [6.45, 7) is 3.67. The Bertz CT molecular complexity index is 1500. The molecule has 2 aliphatic rings. The normalized spacial score (nSPS) is 19.4. The molecule has 9 nitrogen and oxygen atoms in total. The van der Waals surface area contributed by atoms with Gasteiger partial charge in [0.25, 0.3) is 5.91 Å². The van der Waals surface area contributed by atoms with Gasteiger partial charge in [-0.05, 0) is 81.1 Å². The second-order valence-corrected chi connectivity index (χ2v) is 10.3. The molecule has 0 radical (unpaired) electrons. The fourth-order valence-corrected chi connectivity index (χ4v) is 4.90. The van der Waals surface area contributed by atoms with Crippen LogP contribution in [0.15, 0.2) is 66.9 Å². The lowest BCUT2D eigenvalue weighted by molar-refractivity contribution is -0.125. The molecule has 2 amide bonds. The van der Waals surface area contributed by atoms with Gasteiger partial charge in [0.05, 0.1) is 12.3 Å². The third-order valence-electron chi connectivity index (χ3n) is 6.97. The molecule has 5 rings (SSSR count). The first-order valence-electron chi connectivity index (χ1n) is 13.8. The van der Waals surface area contributed by atoms with Crippen molar-refractivity contribution in [3.05, 3.63) is 72.4 Å². The highest BCUT2D eigenvalue weighted by Gasteiger charge is 2.35. The van der Waals surface area contributed by atoms with E-state index in [0.29, 0.717) is 37.6 Å². The number of ether oxygens (including phenoxy) is 1. The number of aromatic nitrogens is 2. The molecular weight excluding hydrogens is 516 g/mol. The van der Waals surface area contributed by atoms with Crippen molar-refractivity contribution in [2.75, 3.05) is 30.8 Å². The fraction of sp³-hybridized carbons (Fsp3) is 0.312. The second kappa shape index (κ2) is 13.1. The minimum absolute atomic E-state index is 0.0265. The first-order valence-corrected chi connectivity index (χ1v) is 13.8. The summed E-state index contributed by atoms with van der Waals surface area (Å²) in [5.74, 6) is 5.79. The van der Waals surface area contributed by atoms with Gasteiger partial charge in [-0.25, -0.2) is 9.97 Å². The summed E-state index contributed by atoms with van der Waals surface area (Å²) in [4.78, 5) is 36.1. The van der Waals surface area contributed by atoms with Gasteiger partial charge in [0.1, 0.15) is 5.75 Å². The average molecular weight is 551 g/mol. The Morgan fingerprint density at radius 2 is 2.00 bits per heavy atom. The standard InChI is InChI=1S/C32H34N6O3/c1-3-8-30(39)34-27-17-24(18-27)31(40)35-25-15-22-16-26(20-25)36-32-33-12-11-29(37-32)23-9-7-10-28(19-23)41-14-6-4-5-13-38(2)21-22/h4-5,7,9-12,15-16,19-20,24,27H,6,13-14,17-18,21H2,1-2H3,(H,34,39)(H,35,40)(H,33,36,37)/b5-4+. The monoisotopic (exact) mass is 550 g/mol. The number of amides is 2. The average Bonchev–Trinajstić information content (AvgIpc) is 2.92. The largest absolute Gasteiger partial charge is 0.493 e. The number of carbonyl (C=O) groups is 2. The van der Waals surface area contributed by atoms with E-state index in [-0.39, 0.29) is 23.8 Å². The Balaban J connectivity index is 1.36. The van der Waals surface area contributed by atoms with Crippen LogP contribution >= 0.6 is 0 Å². The van der Waals surface area contributed by atoms with Crippen molar-refractivity contribution in [1.82, 2.24) is 20.2 Å². The van der Waals surface area contributed by atoms with Crippen molar-refractivity contribution in [1.29, 1.82) is 0 Å². The highest BCUT2D eigenvalue weighted by molar-refractivity contribution is 5.95.